The van der Waals surface area contributed by atoms with Crippen molar-refractivity contribution in [1.82, 2.24) is 5.32 Å². The van der Waals surface area contributed by atoms with Crippen LogP contribution >= 0.6 is 11.8 Å². The number of rotatable bonds is 5. The lowest BCUT2D eigenvalue weighted by molar-refractivity contribution is -0.147. The van der Waals surface area contributed by atoms with Crippen LogP contribution in [0.15, 0.2) is 0 Å². The van der Waals surface area contributed by atoms with Gasteiger partial charge in [-0.1, -0.05) is 6.92 Å². The first-order valence-electron chi connectivity index (χ1n) is 8.76. The van der Waals surface area contributed by atoms with Crippen LogP contribution in [-0.2, 0) is 4.74 Å². The van der Waals surface area contributed by atoms with E-state index in [1.165, 1.54) is 62.9 Å². The molecule has 1 saturated carbocycles. The Morgan fingerprint density at radius 2 is 2.05 bits per heavy atom. The monoisotopic (exact) mass is 297 g/mol. The Hall–Kier alpha value is 0.270. The second kappa shape index (κ2) is 7.02. The Labute approximate surface area is 128 Å². The van der Waals surface area contributed by atoms with E-state index in [0.717, 1.165) is 31.0 Å². The summed E-state index contributed by atoms with van der Waals surface area (Å²) in [5.74, 6) is 4.61. The first-order valence-corrected chi connectivity index (χ1v) is 9.92. The van der Waals surface area contributed by atoms with Gasteiger partial charge in [0.1, 0.15) is 0 Å². The van der Waals surface area contributed by atoms with Crippen LogP contribution in [0.5, 0.6) is 0 Å². The van der Waals surface area contributed by atoms with Gasteiger partial charge in [0.05, 0.1) is 5.60 Å². The van der Waals surface area contributed by atoms with Crippen molar-refractivity contribution in [2.24, 2.45) is 11.8 Å². The summed E-state index contributed by atoms with van der Waals surface area (Å²) in [5.41, 5.74) is 0.305. The van der Waals surface area contributed by atoms with Gasteiger partial charge in [0.15, 0.2) is 0 Å². The molecule has 0 aromatic carbocycles. The Bertz CT molecular complexity index is 299. The number of thioether (sulfide) groups is 1. The molecule has 0 radical (unpaired) electrons. The van der Waals surface area contributed by atoms with Crippen molar-refractivity contribution in [2.75, 3.05) is 24.7 Å². The van der Waals surface area contributed by atoms with E-state index in [-0.39, 0.29) is 0 Å². The summed E-state index contributed by atoms with van der Waals surface area (Å²) in [6, 6.07) is 0.745. The lowest BCUT2D eigenvalue weighted by atomic mass is 9.69. The topological polar surface area (TPSA) is 21.3 Å². The Kier molecular flexibility index (Phi) is 5.33. The van der Waals surface area contributed by atoms with Crippen molar-refractivity contribution in [3.8, 4) is 0 Å². The first-order chi connectivity index (χ1) is 9.81. The highest BCUT2D eigenvalue weighted by Crippen LogP contribution is 2.45. The Balaban J connectivity index is 1.57. The minimum atomic E-state index is 0.305. The third-order valence-corrected chi connectivity index (χ3v) is 6.81. The summed E-state index contributed by atoms with van der Waals surface area (Å²) < 4.78 is 6.12. The van der Waals surface area contributed by atoms with Crippen LogP contribution in [0.1, 0.15) is 58.3 Å². The molecule has 2 aliphatic heterocycles. The van der Waals surface area contributed by atoms with Crippen LogP contribution in [0.3, 0.4) is 0 Å². The molecule has 1 spiro atoms. The zero-order valence-electron chi connectivity index (χ0n) is 13.0. The molecule has 3 aliphatic rings. The molecule has 2 unspecified atom stereocenters. The molecule has 2 atom stereocenters. The normalized spacial score (nSPS) is 31.9. The number of nitrogens with one attached hydrogen (secondary N) is 1. The van der Waals surface area contributed by atoms with Crippen molar-refractivity contribution < 1.29 is 4.74 Å². The molecule has 20 heavy (non-hydrogen) atoms. The van der Waals surface area contributed by atoms with E-state index in [2.05, 4.69) is 24.0 Å². The summed E-state index contributed by atoms with van der Waals surface area (Å²) in [5, 5.41) is 3.82. The smallest absolute Gasteiger partial charge is 0.0685 e. The molecule has 3 heteroatoms. The SMILES string of the molecule is CCNC(CC1CCSCC1)C1CCOC2(CCC2)C1. The van der Waals surface area contributed by atoms with Gasteiger partial charge in [-0.05, 0) is 81.3 Å². The second-order valence-corrected chi connectivity index (χ2v) is 8.32. The van der Waals surface area contributed by atoms with E-state index in [4.69, 9.17) is 4.74 Å². The van der Waals surface area contributed by atoms with Crippen LogP contribution in [0.25, 0.3) is 0 Å². The van der Waals surface area contributed by atoms with Crippen LogP contribution in [0.2, 0.25) is 0 Å². The summed E-state index contributed by atoms with van der Waals surface area (Å²) in [4.78, 5) is 0. The van der Waals surface area contributed by atoms with Gasteiger partial charge in [0, 0.05) is 12.6 Å². The standard InChI is InChI=1S/C17H31NOS/c1-2-18-16(12-14-5-10-20-11-6-14)15-4-9-19-17(13-15)7-3-8-17/h14-16,18H,2-13H2,1H3. The number of hydrogen-bond donors (Lipinski definition) is 1. The maximum absolute atomic E-state index is 6.12. The van der Waals surface area contributed by atoms with Gasteiger partial charge in [0.2, 0.25) is 0 Å². The van der Waals surface area contributed by atoms with E-state index in [9.17, 15) is 0 Å². The molecular weight excluding hydrogens is 266 g/mol. The van der Waals surface area contributed by atoms with Gasteiger partial charge in [-0.3, -0.25) is 0 Å². The second-order valence-electron chi connectivity index (χ2n) is 7.09. The van der Waals surface area contributed by atoms with Gasteiger partial charge in [-0.15, -0.1) is 0 Å². The van der Waals surface area contributed by atoms with E-state index >= 15 is 0 Å². The van der Waals surface area contributed by atoms with Crippen molar-refractivity contribution in [3.63, 3.8) is 0 Å². The van der Waals surface area contributed by atoms with Crippen molar-refractivity contribution in [2.45, 2.75) is 69.9 Å². The predicted molar refractivity (Wildman–Crippen MR) is 87.4 cm³/mol. The molecule has 1 aliphatic carbocycles. The lowest BCUT2D eigenvalue weighted by Crippen LogP contribution is -2.50. The largest absolute Gasteiger partial charge is 0.375 e. The highest BCUT2D eigenvalue weighted by molar-refractivity contribution is 7.99. The van der Waals surface area contributed by atoms with Crippen LogP contribution < -0.4 is 5.32 Å². The molecule has 0 aromatic rings. The molecule has 0 amide bonds. The number of ether oxygens (including phenoxy) is 1. The first kappa shape index (κ1) is 15.2. The summed E-state index contributed by atoms with van der Waals surface area (Å²) >= 11 is 2.15. The summed E-state index contributed by atoms with van der Waals surface area (Å²) in [6.45, 7) is 4.39. The Morgan fingerprint density at radius 1 is 1.25 bits per heavy atom. The number of hydrogen-bond acceptors (Lipinski definition) is 3. The quantitative estimate of drug-likeness (QED) is 0.833. The van der Waals surface area contributed by atoms with Crippen LogP contribution in [-0.4, -0.2) is 36.3 Å². The van der Waals surface area contributed by atoms with Gasteiger partial charge >= 0.3 is 0 Å². The van der Waals surface area contributed by atoms with E-state index in [0.29, 0.717) is 5.60 Å². The van der Waals surface area contributed by atoms with Crippen molar-refractivity contribution in [3.05, 3.63) is 0 Å². The van der Waals surface area contributed by atoms with Gasteiger partial charge < -0.3 is 10.1 Å². The fourth-order valence-electron chi connectivity index (χ4n) is 4.37. The van der Waals surface area contributed by atoms with Gasteiger partial charge in [-0.25, -0.2) is 0 Å². The maximum atomic E-state index is 6.12. The van der Waals surface area contributed by atoms with Crippen molar-refractivity contribution >= 4 is 11.8 Å². The van der Waals surface area contributed by atoms with E-state index in [1.807, 2.05) is 0 Å². The molecule has 2 heterocycles. The molecule has 3 fully saturated rings. The van der Waals surface area contributed by atoms with Crippen molar-refractivity contribution in [1.29, 1.82) is 0 Å². The molecular formula is C17H31NOS. The average Bonchev–Trinajstić information content (AvgIpc) is 2.46. The minimum absolute atomic E-state index is 0.305. The molecule has 0 bridgehead atoms. The highest BCUT2D eigenvalue weighted by Gasteiger charge is 2.44. The zero-order valence-corrected chi connectivity index (χ0v) is 13.9. The van der Waals surface area contributed by atoms with Crippen LogP contribution in [0, 0.1) is 11.8 Å². The highest BCUT2D eigenvalue weighted by atomic mass is 32.2. The summed E-state index contributed by atoms with van der Waals surface area (Å²) in [6.07, 6.45) is 10.9. The molecule has 1 N–H and O–H groups in total. The Morgan fingerprint density at radius 3 is 2.70 bits per heavy atom. The molecule has 2 nitrogen and oxygen atoms in total. The molecule has 2 saturated heterocycles. The zero-order chi connectivity index (χ0) is 13.8. The van der Waals surface area contributed by atoms with Gasteiger partial charge in [0.25, 0.3) is 0 Å². The summed E-state index contributed by atoms with van der Waals surface area (Å²) in [7, 11) is 0. The fraction of sp³-hybridized carbons (Fsp3) is 1.00. The predicted octanol–water partition coefficient (Wildman–Crippen LogP) is 3.85. The molecule has 116 valence electrons. The molecule has 0 aromatic heterocycles. The maximum Gasteiger partial charge on any atom is 0.0685 e. The average molecular weight is 298 g/mol. The minimum Gasteiger partial charge on any atom is -0.375 e. The van der Waals surface area contributed by atoms with Crippen LogP contribution in [0.4, 0.5) is 0 Å². The third-order valence-electron chi connectivity index (χ3n) is 5.76. The molecule has 3 rings (SSSR count). The lowest BCUT2D eigenvalue weighted by Gasteiger charge is -2.49. The third kappa shape index (κ3) is 3.53. The van der Waals surface area contributed by atoms with Gasteiger partial charge in [-0.2, -0.15) is 11.8 Å². The van der Waals surface area contributed by atoms with E-state index in [1.54, 1.807) is 0 Å². The fourth-order valence-corrected chi connectivity index (χ4v) is 5.58. The van der Waals surface area contributed by atoms with E-state index < -0.39 is 0 Å².